The Hall–Kier alpha value is -2.21. The molecule has 0 spiro atoms. The van der Waals surface area contributed by atoms with Crippen molar-refractivity contribution in [3.8, 4) is 11.4 Å². The summed E-state index contributed by atoms with van der Waals surface area (Å²) in [6, 6.07) is 6.48. The first-order chi connectivity index (χ1) is 10.1. The molecule has 5 nitrogen and oxygen atoms in total. The summed E-state index contributed by atoms with van der Waals surface area (Å²) in [4.78, 5) is 8.39. The van der Waals surface area contributed by atoms with Gasteiger partial charge in [-0.3, -0.25) is 0 Å². The molecular formula is C14H13ClFN5. The van der Waals surface area contributed by atoms with Crippen molar-refractivity contribution in [3.05, 3.63) is 41.3 Å². The SMILES string of the molecule is CC(C)Nc1ccnc2nc(-c3c(F)cccc3Cl)nn12. The lowest BCUT2D eigenvalue weighted by molar-refractivity contribution is 0.630. The van der Waals surface area contributed by atoms with Gasteiger partial charge >= 0.3 is 0 Å². The van der Waals surface area contributed by atoms with E-state index in [9.17, 15) is 4.39 Å². The van der Waals surface area contributed by atoms with E-state index in [0.717, 1.165) is 5.82 Å². The zero-order valence-corrected chi connectivity index (χ0v) is 12.3. The van der Waals surface area contributed by atoms with Crippen LogP contribution in [0.3, 0.4) is 0 Å². The van der Waals surface area contributed by atoms with Gasteiger partial charge in [0.1, 0.15) is 11.6 Å². The maximum absolute atomic E-state index is 14.0. The van der Waals surface area contributed by atoms with Gasteiger partial charge in [0.25, 0.3) is 5.78 Å². The van der Waals surface area contributed by atoms with Gasteiger partial charge in [-0.2, -0.15) is 9.50 Å². The summed E-state index contributed by atoms with van der Waals surface area (Å²) in [5, 5.41) is 7.82. The van der Waals surface area contributed by atoms with Crippen molar-refractivity contribution >= 4 is 23.2 Å². The van der Waals surface area contributed by atoms with E-state index in [1.54, 1.807) is 24.4 Å². The summed E-state index contributed by atoms with van der Waals surface area (Å²) in [5.74, 6) is 0.872. The van der Waals surface area contributed by atoms with E-state index in [2.05, 4.69) is 20.4 Å². The summed E-state index contributed by atoms with van der Waals surface area (Å²) in [5.41, 5.74) is 0.181. The standard InChI is InChI=1S/C14H13ClFN5/c1-8(2)18-11-6-7-17-14-19-13(20-21(11)14)12-9(15)4-3-5-10(12)16/h3-8,18H,1-2H3. The molecule has 0 bridgehead atoms. The second-order valence-electron chi connectivity index (χ2n) is 4.87. The van der Waals surface area contributed by atoms with Gasteiger partial charge in [0.05, 0.1) is 10.6 Å². The number of hydrogen-bond donors (Lipinski definition) is 1. The highest BCUT2D eigenvalue weighted by molar-refractivity contribution is 6.33. The van der Waals surface area contributed by atoms with Gasteiger partial charge in [0, 0.05) is 12.2 Å². The predicted octanol–water partition coefficient (Wildman–Crippen LogP) is 3.40. The minimum Gasteiger partial charge on any atom is -0.368 e. The molecule has 0 atom stereocenters. The number of nitrogens with one attached hydrogen (secondary N) is 1. The summed E-state index contributed by atoms with van der Waals surface area (Å²) in [6.07, 6.45) is 1.63. The molecular weight excluding hydrogens is 293 g/mol. The highest BCUT2D eigenvalue weighted by Crippen LogP contribution is 2.28. The predicted molar refractivity (Wildman–Crippen MR) is 79.9 cm³/mol. The molecule has 0 aliphatic heterocycles. The molecule has 21 heavy (non-hydrogen) atoms. The molecule has 108 valence electrons. The average Bonchev–Trinajstić information content (AvgIpc) is 2.82. The third kappa shape index (κ3) is 2.54. The van der Waals surface area contributed by atoms with Crippen LogP contribution < -0.4 is 5.32 Å². The van der Waals surface area contributed by atoms with E-state index in [-0.39, 0.29) is 22.5 Å². The van der Waals surface area contributed by atoms with Crippen molar-refractivity contribution in [3.63, 3.8) is 0 Å². The number of nitrogens with zero attached hydrogens (tertiary/aromatic N) is 4. The lowest BCUT2D eigenvalue weighted by Gasteiger charge is -2.09. The fraction of sp³-hybridized carbons (Fsp3) is 0.214. The summed E-state index contributed by atoms with van der Waals surface area (Å²) < 4.78 is 15.5. The highest BCUT2D eigenvalue weighted by Gasteiger charge is 2.16. The Morgan fingerprint density at radius 2 is 2.10 bits per heavy atom. The third-order valence-electron chi connectivity index (χ3n) is 2.86. The van der Waals surface area contributed by atoms with Gasteiger partial charge in [0.2, 0.25) is 0 Å². The molecule has 3 rings (SSSR count). The van der Waals surface area contributed by atoms with Gasteiger partial charge in [-0.1, -0.05) is 17.7 Å². The van der Waals surface area contributed by atoms with Crippen LogP contribution in [0, 0.1) is 5.82 Å². The Balaban J connectivity index is 2.18. The zero-order chi connectivity index (χ0) is 15.0. The van der Waals surface area contributed by atoms with Gasteiger partial charge in [-0.15, -0.1) is 5.10 Å². The Labute approximate surface area is 125 Å². The first-order valence-corrected chi connectivity index (χ1v) is 6.87. The molecule has 0 aliphatic rings. The Kier molecular flexibility index (Phi) is 3.47. The second kappa shape index (κ2) is 5.29. The maximum atomic E-state index is 14.0. The Morgan fingerprint density at radius 1 is 1.29 bits per heavy atom. The largest absolute Gasteiger partial charge is 0.368 e. The van der Waals surface area contributed by atoms with Crippen molar-refractivity contribution < 1.29 is 4.39 Å². The minimum atomic E-state index is -0.461. The average molecular weight is 306 g/mol. The zero-order valence-electron chi connectivity index (χ0n) is 11.5. The number of halogens is 2. The second-order valence-corrected chi connectivity index (χ2v) is 5.28. The smallest absolute Gasteiger partial charge is 0.254 e. The van der Waals surface area contributed by atoms with Crippen LogP contribution in [0.15, 0.2) is 30.5 Å². The normalized spacial score (nSPS) is 11.3. The van der Waals surface area contributed by atoms with Crippen LogP contribution in [0.25, 0.3) is 17.2 Å². The summed E-state index contributed by atoms with van der Waals surface area (Å²) in [7, 11) is 0. The first kappa shape index (κ1) is 13.8. The maximum Gasteiger partial charge on any atom is 0.254 e. The van der Waals surface area contributed by atoms with E-state index in [0.29, 0.717) is 5.78 Å². The number of rotatable bonds is 3. The van der Waals surface area contributed by atoms with E-state index in [1.807, 2.05) is 13.8 Å². The Morgan fingerprint density at radius 3 is 2.81 bits per heavy atom. The van der Waals surface area contributed by atoms with Crippen LogP contribution in [-0.2, 0) is 0 Å². The van der Waals surface area contributed by atoms with Crippen molar-refractivity contribution in [2.75, 3.05) is 5.32 Å². The van der Waals surface area contributed by atoms with Gasteiger partial charge in [-0.05, 0) is 32.0 Å². The number of hydrogen-bond acceptors (Lipinski definition) is 4. The molecule has 7 heteroatoms. The molecule has 0 saturated heterocycles. The Bertz CT molecular complexity index is 779. The van der Waals surface area contributed by atoms with Crippen molar-refractivity contribution in [1.29, 1.82) is 0 Å². The van der Waals surface area contributed by atoms with Crippen LogP contribution in [0.4, 0.5) is 10.2 Å². The molecule has 0 radical (unpaired) electrons. The summed E-state index contributed by atoms with van der Waals surface area (Å²) >= 11 is 6.05. The fourth-order valence-corrected chi connectivity index (χ4v) is 2.26. The van der Waals surface area contributed by atoms with E-state index in [1.165, 1.54) is 10.6 Å². The van der Waals surface area contributed by atoms with E-state index >= 15 is 0 Å². The third-order valence-corrected chi connectivity index (χ3v) is 3.18. The fourth-order valence-electron chi connectivity index (χ4n) is 2.02. The lowest BCUT2D eigenvalue weighted by Crippen LogP contribution is -2.13. The lowest BCUT2D eigenvalue weighted by atomic mass is 10.2. The molecule has 0 unspecified atom stereocenters. The first-order valence-electron chi connectivity index (χ1n) is 6.49. The summed E-state index contributed by atoms with van der Waals surface area (Å²) in [6.45, 7) is 4.02. The van der Waals surface area contributed by atoms with Crippen LogP contribution >= 0.6 is 11.6 Å². The molecule has 1 aromatic carbocycles. The molecule has 0 fully saturated rings. The van der Waals surface area contributed by atoms with Gasteiger partial charge in [-0.25, -0.2) is 9.37 Å². The molecule has 0 amide bonds. The molecule has 2 heterocycles. The van der Waals surface area contributed by atoms with E-state index in [4.69, 9.17) is 11.6 Å². The number of anilines is 1. The van der Waals surface area contributed by atoms with Crippen LogP contribution in [0.5, 0.6) is 0 Å². The highest BCUT2D eigenvalue weighted by atomic mass is 35.5. The molecule has 0 aliphatic carbocycles. The van der Waals surface area contributed by atoms with Gasteiger partial charge < -0.3 is 5.32 Å². The van der Waals surface area contributed by atoms with Crippen LogP contribution in [0.2, 0.25) is 5.02 Å². The van der Waals surface area contributed by atoms with Crippen LogP contribution in [0.1, 0.15) is 13.8 Å². The molecule has 3 aromatic rings. The monoisotopic (exact) mass is 305 g/mol. The number of fused-ring (bicyclic) bond motifs is 1. The molecule has 1 N–H and O–H groups in total. The quantitative estimate of drug-likeness (QED) is 0.805. The number of benzene rings is 1. The minimum absolute atomic E-state index is 0.181. The van der Waals surface area contributed by atoms with Crippen molar-refractivity contribution in [2.45, 2.75) is 19.9 Å². The van der Waals surface area contributed by atoms with Gasteiger partial charge in [0.15, 0.2) is 5.82 Å². The molecule has 0 saturated carbocycles. The van der Waals surface area contributed by atoms with E-state index < -0.39 is 5.82 Å². The van der Waals surface area contributed by atoms with Crippen molar-refractivity contribution in [1.82, 2.24) is 19.6 Å². The van der Waals surface area contributed by atoms with Crippen molar-refractivity contribution in [2.24, 2.45) is 0 Å². The topological polar surface area (TPSA) is 55.1 Å². The molecule has 2 aromatic heterocycles. The number of aromatic nitrogens is 4. The van der Waals surface area contributed by atoms with Crippen LogP contribution in [-0.4, -0.2) is 25.6 Å².